The lowest BCUT2D eigenvalue weighted by molar-refractivity contribution is -0.384. The minimum Gasteiger partial charge on any atom is -0.449 e. The van der Waals surface area contributed by atoms with E-state index in [1.54, 1.807) is 26.4 Å². The summed E-state index contributed by atoms with van der Waals surface area (Å²) in [5, 5.41) is 16.3. The van der Waals surface area contributed by atoms with Crippen molar-refractivity contribution < 1.29 is 47.8 Å². The molecule has 7 aromatic rings. The maximum atomic E-state index is 13.8. The Labute approximate surface area is 524 Å². The zero-order chi connectivity index (χ0) is 63.3. The Morgan fingerprint density at radius 3 is 1.93 bits per heavy atom. The van der Waals surface area contributed by atoms with Crippen molar-refractivity contribution in [2.24, 2.45) is 23.5 Å². The number of anilines is 1. The van der Waals surface area contributed by atoms with Crippen LogP contribution < -0.4 is 32.1 Å². The number of fused-ring (bicyclic) bond motifs is 4. The topological polar surface area (TPSA) is 262 Å². The normalized spacial score (nSPS) is 20.4. The molecule has 6 heterocycles. The van der Waals surface area contributed by atoms with Gasteiger partial charge >= 0.3 is 6.09 Å². The Kier molecular flexibility index (Phi) is 21.9. The number of aromatic nitrogens is 4. The summed E-state index contributed by atoms with van der Waals surface area (Å²) >= 11 is 0. The van der Waals surface area contributed by atoms with Crippen LogP contribution in [0.3, 0.4) is 0 Å². The van der Waals surface area contributed by atoms with Gasteiger partial charge in [-0.25, -0.2) is 19.2 Å². The Balaban J connectivity index is 0.000000173. The quantitative estimate of drug-likeness (QED) is 0.0256. The van der Waals surface area contributed by atoms with Crippen molar-refractivity contribution in [3.05, 3.63) is 171 Å². The molecule has 0 radical (unpaired) electrons. The minimum absolute atomic E-state index is 0.00288. The largest absolute Gasteiger partial charge is 0.449 e. The molecule has 6 N–H and O–H groups in total. The van der Waals surface area contributed by atoms with Gasteiger partial charge in [-0.1, -0.05) is 65.7 Å². The fraction of sp³-hybridized carbons (Fsp3) is 0.448. The van der Waals surface area contributed by atoms with Crippen molar-refractivity contribution in [1.82, 2.24) is 39.5 Å². The number of non-ortho nitro benzene ring substituents is 1. The fourth-order valence-corrected chi connectivity index (χ4v) is 13.4. The van der Waals surface area contributed by atoms with Gasteiger partial charge in [0.1, 0.15) is 24.1 Å². The average molecular weight is 1240 g/mol. The summed E-state index contributed by atoms with van der Waals surface area (Å²) in [5.41, 5.74) is 16.5. The van der Waals surface area contributed by atoms with Gasteiger partial charge in [0.25, 0.3) is 5.69 Å². The van der Waals surface area contributed by atoms with Gasteiger partial charge in [-0.05, 0) is 123 Å². The molecule has 12 rings (SSSR count). The molecule has 90 heavy (non-hydrogen) atoms. The van der Waals surface area contributed by atoms with Crippen LogP contribution in [0.25, 0.3) is 22.2 Å². The number of carbonyl (C=O) groups is 3. The zero-order valence-electron chi connectivity index (χ0n) is 51.7. The number of para-hydroxylation sites is 2. The molecule has 2 aromatic heterocycles. The number of rotatable bonds is 19. The van der Waals surface area contributed by atoms with E-state index in [-0.39, 0.29) is 65.8 Å². The van der Waals surface area contributed by atoms with E-state index in [1.165, 1.54) is 27.9 Å². The third-order valence-electron chi connectivity index (χ3n) is 18.1. The number of methoxy groups -OCH3 is 2. The lowest BCUT2D eigenvalue weighted by Gasteiger charge is -2.35. The SMILES string of the molecule is COCCCn1c(C2CCCN(C(=O)C3CNCC3NC(=O)OCC3c4ccccc4-c4ccccc43)C2)nc(C)c1C.COCCCn1c([C@@H]2CCCN(C(=O)[C@@H]3CN(c4ccc(OON)cc4)C[C@H]3N)C2)nc2ccccc21.O=[N+]([O-])c1ccc(F)cc1. The highest BCUT2D eigenvalue weighted by molar-refractivity contribution is 5.83. The number of imidazole rings is 2. The van der Waals surface area contributed by atoms with Crippen molar-refractivity contribution in [2.45, 2.75) is 95.3 Å². The van der Waals surface area contributed by atoms with E-state index in [0.29, 0.717) is 58.2 Å². The molecule has 4 saturated heterocycles. The van der Waals surface area contributed by atoms with Gasteiger partial charge in [0.15, 0.2) is 5.75 Å². The molecule has 1 aliphatic carbocycles. The first-order chi connectivity index (χ1) is 43.7. The molecule has 5 aromatic carbocycles. The number of likely N-dealkylation sites (tertiary alicyclic amines) is 2. The summed E-state index contributed by atoms with van der Waals surface area (Å²) in [7, 11) is 3.46. The zero-order valence-corrected chi connectivity index (χ0v) is 51.7. The van der Waals surface area contributed by atoms with E-state index in [1.807, 2.05) is 52.3 Å². The van der Waals surface area contributed by atoms with E-state index >= 15 is 0 Å². The van der Waals surface area contributed by atoms with Crippen LogP contribution in [0, 0.1) is 41.6 Å². The summed E-state index contributed by atoms with van der Waals surface area (Å²) in [6.45, 7) is 12.6. The Hall–Kier alpha value is -8.32. The fourth-order valence-electron chi connectivity index (χ4n) is 13.4. The van der Waals surface area contributed by atoms with Crippen molar-refractivity contribution >= 4 is 40.3 Å². The highest BCUT2D eigenvalue weighted by atomic mass is 19.1. The molecule has 0 bridgehead atoms. The van der Waals surface area contributed by atoms with E-state index in [2.05, 4.69) is 86.0 Å². The number of amides is 3. The third-order valence-corrected chi connectivity index (χ3v) is 18.1. The van der Waals surface area contributed by atoms with Crippen LogP contribution in [0.4, 0.5) is 20.6 Å². The van der Waals surface area contributed by atoms with Gasteiger partial charge < -0.3 is 59.3 Å². The summed E-state index contributed by atoms with van der Waals surface area (Å²) in [6, 6.07) is 36.0. The molecule has 4 fully saturated rings. The Morgan fingerprint density at radius 1 is 0.722 bits per heavy atom. The number of aryl methyl sites for hydroxylation is 2. The van der Waals surface area contributed by atoms with Gasteiger partial charge in [0, 0.05) is 140 Å². The number of ether oxygens (including phenoxy) is 3. The predicted molar refractivity (Wildman–Crippen MR) is 339 cm³/mol. The molecule has 23 heteroatoms. The molecule has 478 valence electrons. The lowest BCUT2D eigenvalue weighted by Crippen LogP contribution is -2.50. The van der Waals surface area contributed by atoms with Crippen LogP contribution in [-0.2, 0) is 41.9 Å². The second-order valence-corrected chi connectivity index (χ2v) is 23.8. The molecule has 6 atom stereocenters. The smallest absolute Gasteiger partial charge is 0.407 e. The number of nitro groups is 1. The van der Waals surface area contributed by atoms with Crippen LogP contribution >= 0.6 is 0 Å². The molecule has 3 amide bonds. The van der Waals surface area contributed by atoms with Gasteiger partial charge in [0.2, 0.25) is 11.8 Å². The molecule has 4 aliphatic heterocycles. The maximum absolute atomic E-state index is 13.8. The Morgan fingerprint density at radius 2 is 1.31 bits per heavy atom. The first-order valence-electron chi connectivity index (χ1n) is 31.1. The summed E-state index contributed by atoms with van der Waals surface area (Å²) in [4.78, 5) is 75.2. The number of piperidine rings is 2. The number of hydrogen-bond donors (Lipinski definition) is 4. The third kappa shape index (κ3) is 15.1. The molecular formula is C67H83FN12O10. The number of nitro benzene ring substituents is 1. The standard InChI is InChI=1S/C34H43N5O4.C27H36N6O4.C6H4FNO2/c1-22-23(2)39(16-9-17-42-3)32(36-22)24-10-8-15-38(20-24)33(40)29-18-35-19-31(29)37-34(41)43-21-30-27-13-6-4-11-25(27)26-12-5-7-14-28(26)30;1-35-15-5-14-33-25-8-3-2-7-24(25)30-26(33)19-6-4-13-31(16-19)27(34)22-17-32(18-23(22)28)20-9-11-21(12-10-20)36-37-29;7-5-1-3-6(4-2-5)8(9)10/h4-7,11-14,24,29-31,35H,8-10,15-21H2,1-3H3,(H,37,41);2-3,7-12,19,22-23H,4-6,13-18,28-29H2,1H3;1-4H/t;19-,22-,23-;/m.1./s1. The van der Waals surface area contributed by atoms with Crippen LogP contribution in [-0.4, -0.2) is 150 Å². The number of alkyl carbamates (subject to hydrolysis) is 1. The average Bonchev–Trinajstić information content (AvgIpc) is 1.75. The number of hydrogen-bond acceptors (Lipinski definition) is 16. The number of nitrogens with one attached hydrogen (secondary N) is 2. The molecule has 3 unspecified atom stereocenters. The molecule has 5 aliphatic rings. The molecular weight excluding hydrogens is 1150 g/mol. The highest BCUT2D eigenvalue weighted by Crippen LogP contribution is 2.45. The summed E-state index contributed by atoms with van der Waals surface area (Å²) < 4.78 is 33.1. The second kappa shape index (κ2) is 30.5. The highest BCUT2D eigenvalue weighted by Gasteiger charge is 2.42. The Bertz CT molecular complexity index is 3520. The molecule has 0 spiro atoms. The monoisotopic (exact) mass is 1230 g/mol. The van der Waals surface area contributed by atoms with Crippen LogP contribution in [0.5, 0.6) is 5.75 Å². The lowest BCUT2D eigenvalue weighted by atomic mass is 9.94. The van der Waals surface area contributed by atoms with Gasteiger partial charge in [0.05, 0.1) is 39.5 Å². The number of carbonyl (C=O) groups excluding carboxylic acids is 3. The van der Waals surface area contributed by atoms with Gasteiger partial charge in [-0.2, -0.15) is 5.90 Å². The molecule has 0 saturated carbocycles. The van der Waals surface area contributed by atoms with Gasteiger partial charge in [-0.15, -0.1) is 0 Å². The van der Waals surface area contributed by atoms with E-state index in [4.69, 9.17) is 40.7 Å². The first kappa shape index (κ1) is 64.7. The number of nitrogens with zero attached hydrogens (tertiary/aromatic N) is 8. The van der Waals surface area contributed by atoms with Crippen LogP contribution in [0.2, 0.25) is 0 Å². The summed E-state index contributed by atoms with van der Waals surface area (Å²) in [6.07, 6.45) is 5.27. The minimum atomic E-state index is -0.570. The first-order valence-corrected chi connectivity index (χ1v) is 31.1. The number of benzene rings is 5. The predicted octanol–water partition coefficient (Wildman–Crippen LogP) is 8.53. The summed E-state index contributed by atoms with van der Waals surface area (Å²) in [5.74, 6) is 7.17. The number of halogens is 1. The van der Waals surface area contributed by atoms with Gasteiger partial charge in [-0.3, -0.25) is 19.7 Å². The molecule has 22 nitrogen and oxygen atoms in total. The van der Waals surface area contributed by atoms with Crippen molar-refractivity contribution in [2.75, 3.05) is 91.3 Å². The van der Waals surface area contributed by atoms with E-state index in [9.17, 15) is 28.9 Å². The van der Waals surface area contributed by atoms with Crippen molar-refractivity contribution in [3.8, 4) is 16.9 Å². The van der Waals surface area contributed by atoms with Crippen molar-refractivity contribution in [3.63, 3.8) is 0 Å². The van der Waals surface area contributed by atoms with Crippen LogP contribution in [0.1, 0.15) is 90.4 Å². The van der Waals surface area contributed by atoms with Crippen LogP contribution in [0.15, 0.2) is 121 Å². The van der Waals surface area contributed by atoms with E-state index in [0.717, 1.165) is 123 Å². The van der Waals surface area contributed by atoms with Crippen molar-refractivity contribution in [1.29, 1.82) is 0 Å². The number of nitrogens with two attached hydrogens (primary N) is 2. The van der Waals surface area contributed by atoms with E-state index < -0.39 is 16.8 Å². The maximum Gasteiger partial charge on any atom is 0.407 e. The second-order valence-electron chi connectivity index (χ2n) is 23.8.